The van der Waals surface area contributed by atoms with Gasteiger partial charge in [-0.1, -0.05) is 105 Å². The summed E-state index contributed by atoms with van der Waals surface area (Å²) in [4.78, 5) is 87.3. The number of rotatable bonds is 11. The summed E-state index contributed by atoms with van der Waals surface area (Å²) in [6.07, 6.45) is -0.990. The number of benzene rings is 4. The molecular weight excluding hydrogens is 797 g/mol. The lowest BCUT2D eigenvalue weighted by Crippen LogP contribution is -2.57. The van der Waals surface area contributed by atoms with Crippen LogP contribution in [0.3, 0.4) is 0 Å². The summed E-state index contributed by atoms with van der Waals surface area (Å²) in [5.41, 5.74) is 11.5. The van der Waals surface area contributed by atoms with Gasteiger partial charge in [-0.2, -0.15) is 0 Å². The van der Waals surface area contributed by atoms with Crippen LogP contribution in [0.1, 0.15) is 59.9 Å². The van der Waals surface area contributed by atoms with Gasteiger partial charge in [-0.25, -0.2) is 19.3 Å². The number of aliphatic hydroxyl groups is 1. The van der Waals surface area contributed by atoms with Gasteiger partial charge in [0, 0.05) is 11.1 Å². The van der Waals surface area contributed by atoms with Gasteiger partial charge >= 0.3 is 24.0 Å². The molecule has 7 atom stereocenters. The molecule has 2 saturated heterocycles. The molecule has 6 amide bonds. The van der Waals surface area contributed by atoms with Crippen molar-refractivity contribution in [3.8, 4) is 17.6 Å². The van der Waals surface area contributed by atoms with Crippen LogP contribution in [-0.2, 0) is 34.1 Å². The molecule has 320 valence electrons. The van der Waals surface area contributed by atoms with E-state index in [2.05, 4.69) is 22.5 Å². The van der Waals surface area contributed by atoms with Gasteiger partial charge in [0.2, 0.25) is 11.8 Å². The summed E-state index contributed by atoms with van der Waals surface area (Å²) in [6.45, 7) is 2.74. The van der Waals surface area contributed by atoms with E-state index in [4.69, 9.17) is 25.7 Å². The van der Waals surface area contributed by atoms with Gasteiger partial charge in [0.05, 0.1) is 44.0 Å². The molecular formula is C46H46N6O10. The first-order valence-electron chi connectivity index (χ1n) is 20.0. The number of nitrogens with zero attached hydrogens (tertiary/aromatic N) is 2. The van der Waals surface area contributed by atoms with E-state index in [0.717, 1.165) is 4.90 Å². The van der Waals surface area contributed by atoms with E-state index in [9.17, 15) is 29.1 Å². The summed E-state index contributed by atoms with van der Waals surface area (Å²) in [5, 5.41) is 15.0. The molecule has 0 aromatic heterocycles. The Balaban J connectivity index is 1.57. The third-order valence-electron chi connectivity index (χ3n) is 11.5. The number of morpholine rings is 1. The molecule has 0 bridgehead atoms. The zero-order chi connectivity index (χ0) is 44.3. The summed E-state index contributed by atoms with van der Waals surface area (Å²) < 4.78 is 17.5. The normalized spacial score (nSPS) is 23.0. The second kappa shape index (κ2) is 17.8. The monoisotopic (exact) mass is 842 g/mol. The highest BCUT2D eigenvalue weighted by atomic mass is 16.6. The minimum atomic E-state index is -2.21. The average Bonchev–Trinajstić information content (AvgIpc) is 3.72. The number of nitrogens with one attached hydrogen (secondary N) is 2. The number of cyclic esters (lactones) is 1. The molecule has 62 heavy (non-hydrogen) atoms. The van der Waals surface area contributed by atoms with Crippen molar-refractivity contribution in [1.82, 2.24) is 15.5 Å². The first-order valence-corrected chi connectivity index (χ1v) is 20.0. The molecule has 0 saturated carbocycles. The predicted octanol–water partition coefficient (Wildman–Crippen LogP) is 3.14. The van der Waals surface area contributed by atoms with Crippen molar-refractivity contribution in [1.29, 1.82) is 0 Å². The molecule has 4 aromatic rings. The molecule has 3 heterocycles. The number of anilines is 1. The second-order valence-corrected chi connectivity index (χ2v) is 15.4. The van der Waals surface area contributed by atoms with Crippen LogP contribution in [0.25, 0.3) is 0 Å². The molecule has 16 heteroatoms. The van der Waals surface area contributed by atoms with Crippen LogP contribution in [0.4, 0.5) is 15.3 Å². The highest BCUT2D eigenvalue weighted by molar-refractivity contribution is 6.25. The number of urea groups is 2. The molecule has 4 aromatic carbocycles. The van der Waals surface area contributed by atoms with Crippen LogP contribution in [0.5, 0.6) is 5.75 Å². The number of fused-ring (bicyclic) bond motifs is 3. The Morgan fingerprint density at radius 2 is 1.56 bits per heavy atom. The van der Waals surface area contributed by atoms with Crippen molar-refractivity contribution in [2.45, 2.75) is 49.5 Å². The number of carbonyl (C=O) groups excluding carboxylic acids is 6. The van der Waals surface area contributed by atoms with E-state index in [-0.39, 0.29) is 36.8 Å². The summed E-state index contributed by atoms with van der Waals surface area (Å²) in [5.74, 6) is 0.203. The summed E-state index contributed by atoms with van der Waals surface area (Å²) in [6, 6.07) is 22.8. The topological polar surface area (TPSA) is 233 Å². The number of amides is 6. The molecule has 0 unspecified atom stereocenters. The van der Waals surface area contributed by atoms with Gasteiger partial charge in [0.25, 0.3) is 0 Å². The van der Waals surface area contributed by atoms with Gasteiger partial charge in [-0.05, 0) is 46.9 Å². The Morgan fingerprint density at radius 3 is 2.19 bits per heavy atom. The Kier molecular flexibility index (Phi) is 12.3. The van der Waals surface area contributed by atoms with E-state index < -0.39 is 83.3 Å². The lowest BCUT2D eigenvalue weighted by atomic mass is 9.65. The van der Waals surface area contributed by atoms with Crippen molar-refractivity contribution in [3.05, 3.63) is 131 Å². The van der Waals surface area contributed by atoms with Crippen LogP contribution < -0.4 is 31.7 Å². The number of imide groups is 1. The number of methoxy groups -OCH3 is 1. The number of aliphatic hydroxyl groups excluding tert-OH is 1. The third-order valence-corrected chi connectivity index (χ3v) is 11.5. The van der Waals surface area contributed by atoms with Gasteiger partial charge in [0.15, 0.2) is 0 Å². The largest absolute Gasteiger partial charge is 0.491 e. The van der Waals surface area contributed by atoms with E-state index in [1.807, 2.05) is 48.5 Å². The van der Waals surface area contributed by atoms with Crippen molar-refractivity contribution in [2.75, 3.05) is 31.8 Å². The zero-order valence-corrected chi connectivity index (χ0v) is 34.1. The smallest absolute Gasteiger partial charge is 0.329 e. The lowest BCUT2D eigenvalue weighted by molar-refractivity contribution is -0.178. The average molecular weight is 843 g/mol. The summed E-state index contributed by atoms with van der Waals surface area (Å²) >= 11 is 0. The van der Waals surface area contributed by atoms with Crippen molar-refractivity contribution in [3.63, 3.8) is 0 Å². The van der Waals surface area contributed by atoms with Crippen LogP contribution in [0.2, 0.25) is 0 Å². The number of ether oxygens (including phenoxy) is 3. The molecule has 16 nitrogen and oxygen atoms in total. The molecule has 3 aliphatic rings. The molecule has 7 rings (SSSR count). The highest BCUT2D eigenvalue weighted by Gasteiger charge is 2.75. The quantitative estimate of drug-likeness (QED) is 0.109. The number of carbonyl (C=O) groups is 6. The molecule has 0 aliphatic carbocycles. The molecule has 7 N–H and O–H groups in total. The molecule has 0 radical (unpaired) electrons. The fourth-order valence-corrected chi connectivity index (χ4v) is 9.08. The summed E-state index contributed by atoms with van der Waals surface area (Å²) in [7, 11) is 1.18. The van der Waals surface area contributed by atoms with Gasteiger partial charge in [-0.3, -0.25) is 19.3 Å². The minimum absolute atomic E-state index is 0.0229. The Labute approximate surface area is 357 Å². The molecule has 1 spiro atoms. The van der Waals surface area contributed by atoms with E-state index in [1.165, 1.54) is 13.2 Å². The first kappa shape index (κ1) is 42.9. The van der Waals surface area contributed by atoms with Crippen LogP contribution in [0.15, 0.2) is 103 Å². The van der Waals surface area contributed by atoms with E-state index in [0.29, 0.717) is 22.3 Å². The van der Waals surface area contributed by atoms with Crippen molar-refractivity contribution >= 4 is 41.5 Å². The maximum absolute atomic E-state index is 16.1. The SMILES string of the molecule is COC(=O)[C@@H](NC(=O)N1C(=O)[C@@]2(c3cc(C#CCNC(N)=O)ccc31)[C@H](C(N)=O)[C@H]1C(=O)O[C@H](c3ccccc3)[C@H](c3ccccc3)N1[C@@H]2c1ccccc1OCCO)C(C)C. The van der Waals surface area contributed by atoms with E-state index >= 15 is 4.79 Å². The van der Waals surface area contributed by atoms with Gasteiger partial charge in [0.1, 0.15) is 36.0 Å². The Hall–Kier alpha value is -7.22. The number of para-hydroxylation sites is 1. The van der Waals surface area contributed by atoms with Gasteiger partial charge in [-0.15, -0.1) is 0 Å². The van der Waals surface area contributed by atoms with Gasteiger partial charge < -0.3 is 41.4 Å². The predicted molar refractivity (Wildman–Crippen MR) is 224 cm³/mol. The third kappa shape index (κ3) is 7.45. The number of esters is 2. The zero-order valence-electron chi connectivity index (χ0n) is 34.1. The van der Waals surface area contributed by atoms with E-state index in [1.54, 1.807) is 67.3 Å². The fraction of sp³-hybridized carbons (Fsp3) is 0.304. The minimum Gasteiger partial charge on any atom is -0.491 e. The number of nitrogens with two attached hydrogens (primary N) is 2. The maximum Gasteiger partial charge on any atom is 0.329 e. The van der Waals surface area contributed by atoms with Crippen LogP contribution in [-0.4, -0.2) is 84.8 Å². The Bertz CT molecular complexity index is 2450. The van der Waals surface area contributed by atoms with Crippen molar-refractivity contribution in [2.24, 2.45) is 23.3 Å². The molecule has 2 fully saturated rings. The number of primary amides is 2. The number of hydrogen-bond acceptors (Lipinski definition) is 11. The van der Waals surface area contributed by atoms with Crippen LogP contribution >= 0.6 is 0 Å². The number of hydrogen-bond donors (Lipinski definition) is 5. The first-order chi connectivity index (χ1) is 29.9. The van der Waals surface area contributed by atoms with Crippen molar-refractivity contribution < 1.29 is 48.1 Å². The lowest BCUT2D eigenvalue weighted by Gasteiger charge is -2.46. The fourth-order valence-electron chi connectivity index (χ4n) is 9.08. The standard InChI is InChI=1S/C46H46N6O10/c1-26(2)35(41(55)60-3)50-45(59)51-32-21-20-27(13-12-22-49-44(48)58)25-31(32)46(43(51)57)34(40(47)54)37-42(56)62-38(29-16-8-5-9-17-29)36(28-14-6-4-7-15-28)52(37)39(46)30-18-10-11-19-33(30)61-24-23-53/h4-11,14-21,25-26,34-39,53H,22-24H2,1-3H3,(H2,47,54)(H,50,59)(H3,48,49,58)/t34-,35-,36-,37-,38+,39+,46-/m0/s1. The maximum atomic E-state index is 16.1. The van der Waals surface area contributed by atoms with Crippen LogP contribution in [0, 0.1) is 23.7 Å². The Morgan fingerprint density at radius 1 is 0.903 bits per heavy atom. The second-order valence-electron chi connectivity index (χ2n) is 15.4. The molecule has 3 aliphatic heterocycles. The highest BCUT2D eigenvalue weighted by Crippen LogP contribution is 2.66.